The van der Waals surface area contributed by atoms with Crippen molar-refractivity contribution in [2.45, 2.75) is 58.0 Å². The largest absolute Gasteiger partial charge is 0.470 e. The fourth-order valence-electron chi connectivity index (χ4n) is 4.85. The predicted molar refractivity (Wildman–Crippen MR) is 163 cm³/mol. The summed E-state index contributed by atoms with van der Waals surface area (Å²) in [4.78, 5) is 35.0. The Balaban J connectivity index is 1.51. The molecule has 2 N–H and O–H groups in total. The Hall–Kier alpha value is -4.35. The van der Waals surface area contributed by atoms with Gasteiger partial charge < -0.3 is 20.1 Å². The van der Waals surface area contributed by atoms with E-state index >= 15 is 0 Å². The molecule has 0 fully saturated rings. The first kappa shape index (κ1) is 32.6. The standard InChI is InChI=1S/C30H30B3F2N5O4/c1-17-7-5-8-20(11-17)13-44-28(42)39-29(4,15-30(31,32)33)16-36-26(41)24-19(3)38-25-27(37-18(2)12-40(24)25)43-14-21-22(34)9-6-10-23(21)35/h5-12H,13-16H2,1-4H3,(H,36,41)(H,39,42). The monoisotopic (exact) mass is 595 g/mol. The quantitative estimate of drug-likeness (QED) is 0.255. The van der Waals surface area contributed by atoms with Crippen LogP contribution in [-0.4, -0.2) is 62.0 Å². The average molecular weight is 595 g/mol. The summed E-state index contributed by atoms with van der Waals surface area (Å²) in [6.45, 7) is 6.27. The molecule has 2 aromatic heterocycles. The highest BCUT2D eigenvalue weighted by molar-refractivity contribution is 6.58. The Labute approximate surface area is 258 Å². The zero-order chi connectivity index (χ0) is 32.2. The van der Waals surface area contributed by atoms with Crippen molar-refractivity contribution >= 4 is 41.2 Å². The molecule has 222 valence electrons. The number of nitrogens with one attached hydrogen (secondary N) is 2. The van der Waals surface area contributed by atoms with Gasteiger partial charge in [0.1, 0.15) is 30.5 Å². The van der Waals surface area contributed by atoms with Gasteiger partial charge in [-0.2, -0.15) is 0 Å². The number of fused-ring (bicyclic) bond motifs is 1. The molecule has 2 amide bonds. The lowest BCUT2D eigenvalue weighted by molar-refractivity contribution is 0.0921. The van der Waals surface area contributed by atoms with E-state index in [1.807, 2.05) is 31.2 Å². The van der Waals surface area contributed by atoms with Crippen LogP contribution in [0.25, 0.3) is 5.65 Å². The van der Waals surface area contributed by atoms with E-state index in [9.17, 15) is 18.4 Å². The average Bonchev–Trinajstić information content (AvgIpc) is 3.25. The fourth-order valence-corrected chi connectivity index (χ4v) is 4.85. The number of amides is 2. The second kappa shape index (κ2) is 13.1. The van der Waals surface area contributed by atoms with Gasteiger partial charge in [0.15, 0.2) is 0 Å². The fraction of sp³-hybridized carbons (Fsp3) is 0.333. The smallest absolute Gasteiger partial charge is 0.407 e. The van der Waals surface area contributed by atoms with Crippen LogP contribution in [0.15, 0.2) is 48.7 Å². The number of hydrogen-bond acceptors (Lipinski definition) is 6. The van der Waals surface area contributed by atoms with E-state index in [0.29, 0.717) is 11.4 Å². The second-order valence-corrected chi connectivity index (χ2v) is 11.1. The molecule has 0 aliphatic rings. The van der Waals surface area contributed by atoms with Crippen LogP contribution in [0.3, 0.4) is 0 Å². The SMILES string of the molecule is [B]C([B])([B])CC(C)(CNC(=O)c1c(C)nc2c(OCc3c(F)cccc3F)nc(C)cn12)NC(=O)OCc1cccc(C)c1. The molecule has 2 aromatic carbocycles. The number of benzene rings is 2. The Morgan fingerprint density at radius 3 is 2.34 bits per heavy atom. The molecule has 4 rings (SSSR count). The van der Waals surface area contributed by atoms with E-state index in [1.165, 1.54) is 10.5 Å². The topological polar surface area (TPSA) is 107 Å². The highest BCUT2D eigenvalue weighted by Gasteiger charge is 2.33. The molecule has 4 aromatic rings. The van der Waals surface area contributed by atoms with Crippen molar-refractivity contribution in [3.8, 4) is 5.88 Å². The van der Waals surface area contributed by atoms with Crippen LogP contribution in [0, 0.1) is 32.4 Å². The molecule has 9 nitrogen and oxygen atoms in total. The minimum atomic E-state index is -1.69. The molecule has 0 saturated carbocycles. The van der Waals surface area contributed by atoms with Crippen molar-refractivity contribution in [3.63, 3.8) is 0 Å². The Morgan fingerprint density at radius 2 is 1.68 bits per heavy atom. The van der Waals surface area contributed by atoms with Crippen molar-refractivity contribution in [3.05, 3.63) is 94.1 Å². The van der Waals surface area contributed by atoms with Gasteiger partial charge >= 0.3 is 6.09 Å². The maximum atomic E-state index is 14.1. The zero-order valence-corrected chi connectivity index (χ0v) is 24.9. The lowest BCUT2D eigenvalue weighted by atomic mass is 9.39. The number of carbonyl (C=O) groups is 2. The van der Waals surface area contributed by atoms with Crippen LogP contribution in [0.1, 0.15) is 51.9 Å². The summed E-state index contributed by atoms with van der Waals surface area (Å²) in [5.74, 6) is -2.10. The van der Waals surface area contributed by atoms with Gasteiger partial charge in [0.2, 0.25) is 5.65 Å². The number of rotatable bonds is 11. The second-order valence-electron chi connectivity index (χ2n) is 11.1. The van der Waals surface area contributed by atoms with Crippen molar-refractivity contribution in [2.75, 3.05) is 6.54 Å². The van der Waals surface area contributed by atoms with Crippen molar-refractivity contribution in [1.82, 2.24) is 25.0 Å². The van der Waals surface area contributed by atoms with Crippen LogP contribution in [0.5, 0.6) is 5.88 Å². The molecule has 44 heavy (non-hydrogen) atoms. The number of aromatic nitrogens is 3. The molecule has 0 aliphatic heterocycles. The minimum Gasteiger partial charge on any atom is -0.470 e. The maximum absolute atomic E-state index is 14.1. The Bertz CT molecular complexity index is 1680. The summed E-state index contributed by atoms with van der Waals surface area (Å²) in [5, 5.41) is 3.81. The van der Waals surface area contributed by atoms with Gasteiger partial charge in [0.25, 0.3) is 11.8 Å². The van der Waals surface area contributed by atoms with Crippen LogP contribution >= 0.6 is 0 Å². The van der Waals surface area contributed by atoms with Gasteiger partial charge in [-0.3, -0.25) is 9.20 Å². The van der Waals surface area contributed by atoms with Gasteiger partial charge in [0.05, 0.1) is 46.0 Å². The van der Waals surface area contributed by atoms with E-state index in [0.717, 1.165) is 23.3 Å². The number of alkyl carbamates (subject to hydrolysis) is 1. The molecule has 14 heteroatoms. The Kier molecular flexibility index (Phi) is 9.70. The molecule has 6 radical (unpaired) electrons. The third-order valence-electron chi connectivity index (χ3n) is 6.69. The third kappa shape index (κ3) is 8.18. The molecule has 2 heterocycles. The van der Waals surface area contributed by atoms with Gasteiger partial charge in [0, 0.05) is 12.7 Å². The molecular weight excluding hydrogens is 565 g/mol. The summed E-state index contributed by atoms with van der Waals surface area (Å²) in [5.41, 5.74) is 1.43. The van der Waals surface area contributed by atoms with Gasteiger partial charge in [-0.05, 0) is 51.8 Å². The normalized spacial score (nSPS) is 12.9. The van der Waals surface area contributed by atoms with E-state index in [4.69, 9.17) is 33.0 Å². The van der Waals surface area contributed by atoms with Gasteiger partial charge in [-0.15, -0.1) is 5.11 Å². The molecule has 0 bridgehead atoms. The van der Waals surface area contributed by atoms with Gasteiger partial charge in [-0.25, -0.2) is 23.5 Å². The lowest BCUT2D eigenvalue weighted by Gasteiger charge is -2.37. The summed E-state index contributed by atoms with van der Waals surface area (Å²) >= 11 is 0. The summed E-state index contributed by atoms with van der Waals surface area (Å²) in [6, 6.07) is 11.0. The molecular formula is C30H30B3F2N5O4. The highest BCUT2D eigenvalue weighted by Crippen LogP contribution is 2.26. The summed E-state index contributed by atoms with van der Waals surface area (Å²) in [7, 11) is 17.6. The van der Waals surface area contributed by atoms with Gasteiger partial charge in [-0.1, -0.05) is 35.9 Å². The van der Waals surface area contributed by atoms with E-state index in [1.54, 1.807) is 27.0 Å². The first-order chi connectivity index (χ1) is 20.6. The maximum Gasteiger partial charge on any atom is 0.407 e. The number of carbonyl (C=O) groups excluding carboxylic acids is 2. The third-order valence-corrected chi connectivity index (χ3v) is 6.69. The van der Waals surface area contributed by atoms with Crippen LogP contribution in [-0.2, 0) is 18.0 Å². The number of hydrogen-bond donors (Lipinski definition) is 2. The number of aryl methyl sites for hydroxylation is 3. The van der Waals surface area contributed by atoms with Crippen molar-refractivity contribution in [1.29, 1.82) is 0 Å². The van der Waals surface area contributed by atoms with Crippen molar-refractivity contribution in [2.24, 2.45) is 0 Å². The minimum absolute atomic E-state index is 0.0168. The summed E-state index contributed by atoms with van der Waals surface area (Å²) in [6.07, 6.45) is 0.693. The molecule has 0 spiro atoms. The van der Waals surface area contributed by atoms with E-state index in [2.05, 4.69) is 20.6 Å². The first-order valence-corrected chi connectivity index (χ1v) is 13.7. The molecule has 0 aliphatic carbocycles. The molecule has 0 saturated heterocycles. The highest BCUT2D eigenvalue weighted by atomic mass is 19.1. The molecule has 1 unspecified atom stereocenters. The van der Waals surface area contributed by atoms with Crippen molar-refractivity contribution < 1.29 is 27.8 Å². The number of imidazole rings is 1. The molecule has 1 atom stereocenters. The van der Waals surface area contributed by atoms with Crippen LogP contribution in [0.4, 0.5) is 13.6 Å². The van der Waals surface area contributed by atoms with Crippen LogP contribution < -0.4 is 15.4 Å². The number of nitrogens with zero attached hydrogens (tertiary/aromatic N) is 3. The van der Waals surface area contributed by atoms with Crippen LogP contribution in [0.2, 0.25) is 5.11 Å². The van der Waals surface area contributed by atoms with E-state index < -0.39 is 40.9 Å². The first-order valence-electron chi connectivity index (χ1n) is 13.7. The zero-order valence-electron chi connectivity index (χ0n) is 24.9. The lowest BCUT2D eigenvalue weighted by Crippen LogP contribution is -2.55. The number of halogens is 2. The van der Waals surface area contributed by atoms with E-state index in [-0.39, 0.29) is 42.4 Å². The number of ether oxygens (including phenoxy) is 2. The summed E-state index contributed by atoms with van der Waals surface area (Å²) < 4.78 is 40.8. The Morgan fingerprint density at radius 1 is 1.00 bits per heavy atom. The predicted octanol–water partition coefficient (Wildman–Crippen LogP) is 3.90.